The van der Waals surface area contributed by atoms with E-state index < -0.39 is 0 Å². The van der Waals surface area contributed by atoms with Crippen LogP contribution in [-0.4, -0.2) is 45.3 Å². The van der Waals surface area contributed by atoms with Crippen molar-refractivity contribution in [2.24, 2.45) is 5.92 Å². The Morgan fingerprint density at radius 2 is 1.95 bits per heavy atom. The Kier molecular flexibility index (Phi) is 5.83. The van der Waals surface area contributed by atoms with Gasteiger partial charge in [-0.15, -0.1) is 0 Å². The first-order chi connectivity index (χ1) is 9.35. The highest BCUT2D eigenvalue weighted by Gasteiger charge is 2.25. The van der Waals surface area contributed by atoms with Crippen molar-refractivity contribution >= 4 is 0 Å². The quantitative estimate of drug-likeness (QED) is 0.851. The Bertz CT molecular complexity index is 347. The van der Waals surface area contributed by atoms with E-state index in [-0.39, 0.29) is 0 Å². The predicted molar refractivity (Wildman–Crippen MR) is 79.3 cm³/mol. The van der Waals surface area contributed by atoms with Gasteiger partial charge in [0.2, 0.25) is 0 Å². The minimum Gasteiger partial charge on any atom is -0.383 e. The summed E-state index contributed by atoms with van der Waals surface area (Å²) >= 11 is 0. The Balaban J connectivity index is 1.97. The van der Waals surface area contributed by atoms with Crippen LogP contribution in [0.1, 0.15) is 24.4 Å². The molecule has 3 nitrogen and oxygen atoms in total. The standard InChI is InChI=1S/C16H26N2O/c1-17-12-14-8-10-18(11-9-14)16(13-19-2)15-6-4-3-5-7-15/h3-7,14,16-17H,8-13H2,1-2H3. The SMILES string of the molecule is CNCC1CCN(C(COC)c2ccccc2)CC1. The number of rotatable bonds is 6. The largest absolute Gasteiger partial charge is 0.383 e. The van der Waals surface area contributed by atoms with E-state index in [0.717, 1.165) is 19.1 Å². The number of hydrogen-bond acceptors (Lipinski definition) is 3. The molecule has 0 bridgehead atoms. The molecule has 3 heteroatoms. The third kappa shape index (κ3) is 4.03. The van der Waals surface area contributed by atoms with Crippen LogP contribution in [0, 0.1) is 5.92 Å². The molecule has 19 heavy (non-hydrogen) atoms. The Morgan fingerprint density at radius 3 is 2.53 bits per heavy atom. The zero-order valence-corrected chi connectivity index (χ0v) is 12.1. The van der Waals surface area contributed by atoms with Crippen molar-refractivity contribution in [2.45, 2.75) is 18.9 Å². The van der Waals surface area contributed by atoms with Crippen LogP contribution in [0.3, 0.4) is 0 Å². The first-order valence-electron chi connectivity index (χ1n) is 7.27. The summed E-state index contributed by atoms with van der Waals surface area (Å²) < 4.78 is 5.43. The van der Waals surface area contributed by atoms with Gasteiger partial charge in [-0.1, -0.05) is 30.3 Å². The molecule has 1 aromatic rings. The molecule has 0 spiro atoms. The van der Waals surface area contributed by atoms with Gasteiger partial charge in [0.25, 0.3) is 0 Å². The molecular formula is C16H26N2O. The fraction of sp³-hybridized carbons (Fsp3) is 0.625. The first-order valence-corrected chi connectivity index (χ1v) is 7.27. The molecule has 1 fully saturated rings. The van der Waals surface area contributed by atoms with Crippen molar-refractivity contribution in [1.29, 1.82) is 0 Å². The molecule has 1 atom stereocenters. The topological polar surface area (TPSA) is 24.5 Å². The number of benzene rings is 1. The number of piperidine rings is 1. The zero-order chi connectivity index (χ0) is 13.5. The molecule has 0 aliphatic carbocycles. The van der Waals surface area contributed by atoms with Gasteiger partial charge in [-0.05, 0) is 51.0 Å². The summed E-state index contributed by atoms with van der Waals surface area (Å²) in [6.07, 6.45) is 2.57. The highest BCUT2D eigenvalue weighted by molar-refractivity contribution is 5.19. The summed E-state index contributed by atoms with van der Waals surface area (Å²) in [7, 11) is 3.84. The number of hydrogen-bond donors (Lipinski definition) is 1. The molecule has 1 N–H and O–H groups in total. The molecule has 0 amide bonds. The molecular weight excluding hydrogens is 236 g/mol. The Labute approximate surface area is 116 Å². The van der Waals surface area contributed by atoms with Crippen LogP contribution in [0.4, 0.5) is 0 Å². The van der Waals surface area contributed by atoms with Crippen LogP contribution in [0.5, 0.6) is 0 Å². The van der Waals surface area contributed by atoms with Crippen LogP contribution in [0.2, 0.25) is 0 Å². The summed E-state index contributed by atoms with van der Waals surface area (Å²) in [6.45, 7) is 4.28. The van der Waals surface area contributed by atoms with Gasteiger partial charge in [-0.3, -0.25) is 4.90 Å². The third-order valence-electron chi connectivity index (χ3n) is 4.09. The van der Waals surface area contributed by atoms with Crippen molar-refractivity contribution < 1.29 is 4.74 Å². The second-order valence-corrected chi connectivity index (χ2v) is 5.42. The van der Waals surface area contributed by atoms with Gasteiger partial charge in [0.15, 0.2) is 0 Å². The van der Waals surface area contributed by atoms with Crippen molar-refractivity contribution in [3.8, 4) is 0 Å². The van der Waals surface area contributed by atoms with E-state index in [2.05, 4.69) is 40.5 Å². The molecule has 0 radical (unpaired) electrons. The lowest BCUT2D eigenvalue weighted by molar-refractivity contribution is 0.0644. The molecule has 0 aromatic heterocycles. The number of ether oxygens (including phenoxy) is 1. The van der Waals surface area contributed by atoms with E-state index in [0.29, 0.717) is 6.04 Å². The van der Waals surface area contributed by atoms with Gasteiger partial charge in [0.1, 0.15) is 0 Å². The van der Waals surface area contributed by atoms with Crippen LogP contribution in [-0.2, 0) is 4.74 Å². The predicted octanol–water partition coefficient (Wildman–Crippen LogP) is 2.31. The van der Waals surface area contributed by atoms with Gasteiger partial charge in [0.05, 0.1) is 12.6 Å². The van der Waals surface area contributed by atoms with Crippen molar-refractivity contribution in [2.75, 3.05) is 40.4 Å². The van der Waals surface area contributed by atoms with E-state index in [1.54, 1.807) is 7.11 Å². The minimum atomic E-state index is 0.404. The van der Waals surface area contributed by atoms with Gasteiger partial charge in [0, 0.05) is 7.11 Å². The number of nitrogens with one attached hydrogen (secondary N) is 1. The minimum absolute atomic E-state index is 0.404. The number of methoxy groups -OCH3 is 1. The van der Waals surface area contributed by atoms with Gasteiger partial charge in [-0.2, -0.15) is 0 Å². The summed E-state index contributed by atoms with van der Waals surface area (Å²) in [6, 6.07) is 11.1. The average molecular weight is 262 g/mol. The van der Waals surface area contributed by atoms with E-state index in [1.165, 1.54) is 31.5 Å². The smallest absolute Gasteiger partial charge is 0.0659 e. The maximum Gasteiger partial charge on any atom is 0.0659 e. The van der Waals surface area contributed by atoms with Crippen LogP contribution in [0.15, 0.2) is 30.3 Å². The van der Waals surface area contributed by atoms with Crippen LogP contribution >= 0.6 is 0 Å². The average Bonchev–Trinajstić information content (AvgIpc) is 2.47. The lowest BCUT2D eigenvalue weighted by Crippen LogP contribution is -2.40. The van der Waals surface area contributed by atoms with Crippen molar-refractivity contribution in [1.82, 2.24) is 10.2 Å². The summed E-state index contributed by atoms with van der Waals surface area (Å²) in [5.41, 5.74) is 1.37. The van der Waals surface area contributed by atoms with Gasteiger partial charge < -0.3 is 10.1 Å². The van der Waals surface area contributed by atoms with Crippen molar-refractivity contribution in [3.05, 3.63) is 35.9 Å². The summed E-state index contributed by atoms with van der Waals surface area (Å²) in [5, 5.41) is 3.30. The lowest BCUT2D eigenvalue weighted by atomic mass is 9.94. The van der Waals surface area contributed by atoms with Crippen LogP contribution in [0.25, 0.3) is 0 Å². The highest BCUT2D eigenvalue weighted by Crippen LogP contribution is 2.26. The summed E-state index contributed by atoms with van der Waals surface area (Å²) in [5.74, 6) is 0.834. The summed E-state index contributed by atoms with van der Waals surface area (Å²) in [4.78, 5) is 2.57. The van der Waals surface area contributed by atoms with E-state index >= 15 is 0 Å². The van der Waals surface area contributed by atoms with E-state index in [4.69, 9.17) is 4.74 Å². The number of nitrogens with zero attached hydrogens (tertiary/aromatic N) is 1. The van der Waals surface area contributed by atoms with Crippen molar-refractivity contribution in [3.63, 3.8) is 0 Å². The van der Waals surface area contributed by atoms with Crippen LogP contribution < -0.4 is 5.32 Å². The zero-order valence-electron chi connectivity index (χ0n) is 12.1. The maximum atomic E-state index is 5.43. The monoisotopic (exact) mass is 262 g/mol. The maximum absolute atomic E-state index is 5.43. The Hall–Kier alpha value is -0.900. The molecule has 1 saturated heterocycles. The Morgan fingerprint density at radius 1 is 1.26 bits per heavy atom. The third-order valence-corrected chi connectivity index (χ3v) is 4.09. The second kappa shape index (κ2) is 7.63. The molecule has 0 saturated carbocycles. The number of likely N-dealkylation sites (tertiary alicyclic amines) is 1. The van der Waals surface area contributed by atoms with Gasteiger partial charge >= 0.3 is 0 Å². The normalized spacial score (nSPS) is 19.5. The molecule has 1 unspecified atom stereocenters. The first kappa shape index (κ1) is 14.5. The molecule has 2 rings (SSSR count). The lowest BCUT2D eigenvalue weighted by Gasteiger charge is -2.37. The molecule has 1 heterocycles. The molecule has 106 valence electrons. The molecule has 1 aliphatic rings. The van der Waals surface area contributed by atoms with Gasteiger partial charge in [-0.25, -0.2) is 0 Å². The fourth-order valence-corrected chi connectivity index (χ4v) is 3.00. The second-order valence-electron chi connectivity index (χ2n) is 5.42. The molecule has 1 aliphatic heterocycles. The highest BCUT2D eigenvalue weighted by atomic mass is 16.5. The van der Waals surface area contributed by atoms with E-state index in [1.807, 2.05) is 7.05 Å². The van der Waals surface area contributed by atoms with E-state index in [9.17, 15) is 0 Å². The molecule has 1 aromatic carbocycles. The fourth-order valence-electron chi connectivity index (χ4n) is 3.00.